The van der Waals surface area contributed by atoms with Crippen LogP contribution in [0.3, 0.4) is 0 Å². The molecule has 2 aromatic carbocycles. The second-order valence-electron chi connectivity index (χ2n) is 11.6. The highest BCUT2D eigenvalue weighted by atomic mass is 35.5. The Balaban J connectivity index is 1.42. The summed E-state index contributed by atoms with van der Waals surface area (Å²) in [5.74, 6) is -0.954. The molecule has 6 nitrogen and oxygen atoms in total. The van der Waals surface area contributed by atoms with Crippen molar-refractivity contribution in [2.45, 2.75) is 83.8 Å². The quantitative estimate of drug-likeness (QED) is 0.524. The molecule has 4 rings (SSSR count). The smallest absolute Gasteiger partial charge is 0.335 e. The van der Waals surface area contributed by atoms with Crippen LogP contribution >= 0.6 is 11.6 Å². The number of nitrogens with zero attached hydrogens (tertiary/aromatic N) is 2. The van der Waals surface area contributed by atoms with Crippen LogP contribution in [-0.2, 0) is 28.0 Å². The van der Waals surface area contributed by atoms with Gasteiger partial charge in [0.2, 0.25) is 5.91 Å². The molecule has 7 heteroatoms. The van der Waals surface area contributed by atoms with Gasteiger partial charge in [0.1, 0.15) is 0 Å². The maximum atomic E-state index is 13.5. The number of carbonyl (C=O) groups excluding carboxylic acids is 2. The standard InChI is InChI=1S/C30H37ClN2O4/c1-19-13-20(5-6-25(19)31)18-32-11-9-24(10-12-32)33-26(7-8-28(33)35)27(34)16-21-14-22(29(36)37)17-23(15-21)30(2,3)4/h5-6,13-15,17,24,26H,7-12,16,18H2,1-4H3,(H,36,37)/t26-/m1/s1. The molecular formula is C30H37ClN2O4. The number of rotatable bonds is 7. The zero-order chi connectivity index (χ0) is 26.9. The number of amides is 1. The number of benzene rings is 2. The Morgan fingerprint density at radius 2 is 1.73 bits per heavy atom. The molecular weight excluding hydrogens is 488 g/mol. The van der Waals surface area contributed by atoms with Crippen LogP contribution in [0.25, 0.3) is 0 Å². The molecule has 0 spiro atoms. The lowest BCUT2D eigenvalue weighted by Crippen LogP contribution is -2.50. The summed E-state index contributed by atoms with van der Waals surface area (Å²) in [4.78, 5) is 42.3. The zero-order valence-electron chi connectivity index (χ0n) is 22.2. The average Bonchev–Trinajstić information content (AvgIpc) is 3.22. The number of ketones is 1. The number of carbonyl (C=O) groups is 3. The predicted molar refractivity (Wildman–Crippen MR) is 145 cm³/mol. The number of hydrogen-bond acceptors (Lipinski definition) is 4. The monoisotopic (exact) mass is 524 g/mol. The summed E-state index contributed by atoms with van der Waals surface area (Å²) in [5, 5.41) is 10.4. The van der Waals surface area contributed by atoms with Gasteiger partial charge >= 0.3 is 5.97 Å². The van der Waals surface area contributed by atoms with Crippen LogP contribution in [0.1, 0.15) is 79.1 Å². The molecule has 2 aliphatic rings. The molecule has 0 bridgehead atoms. The van der Waals surface area contributed by atoms with E-state index >= 15 is 0 Å². The Bertz CT molecular complexity index is 1190. The molecule has 0 aliphatic carbocycles. The van der Waals surface area contributed by atoms with Crippen molar-refractivity contribution in [1.29, 1.82) is 0 Å². The van der Waals surface area contributed by atoms with Gasteiger partial charge < -0.3 is 10.0 Å². The Labute approximate surface area is 224 Å². The number of carboxylic acid groups (broad SMARTS) is 1. The minimum atomic E-state index is -1.00. The van der Waals surface area contributed by atoms with Crippen LogP contribution in [0.5, 0.6) is 0 Å². The molecule has 37 heavy (non-hydrogen) atoms. The highest BCUT2D eigenvalue weighted by Crippen LogP contribution is 2.30. The van der Waals surface area contributed by atoms with E-state index in [1.165, 1.54) is 5.56 Å². The first-order valence-electron chi connectivity index (χ1n) is 13.1. The van der Waals surface area contributed by atoms with Crippen molar-refractivity contribution in [3.63, 3.8) is 0 Å². The molecule has 2 saturated heterocycles. The predicted octanol–water partition coefficient (Wildman–Crippen LogP) is 5.41. The van der Waals surface area contributed by atoms with Gasteiger partial charge in [-0.2, -0.15) is 0 Å². The lowest BCUT2D eigenvalue weighted by atomic mass is 9.84. The number of carboxylic acids is 1. The van der Waals surface area contributed by atoms with Crippen LogP contribution in [0, 0.1) is 6.92 Å². The van der Waals surface area contributed by atoms with Crippen molar-refractivity contribution in [3.05, 3.63) is 69.2 Å². The molecule has 2 heterocycles. The Hall–Kier alpha value is -2.70. The summed E-state index contributed by atoms with van der Waals surface area (Å²) < 4.78 is 0. The van der Waals surface area contributed by atoms with E-state index in [0.29, 0.717) is 18.4 Å². The van der Waals surface area contributed by atoms with Gasteiger partial charge in [0, 0.05) is 43.5 Å². The number of halogens is 1. The molecule has 0 aromatic heterocycles. The third kappa shape index (κ3) is 6.42. The molecule has 2 fully saturated rings. The summed E-state index contributed by atoms with van der Waals surface area (Å²) >= 11 is 6.16. The highest BCUT2D eigenvalue weighted by Gasteiger charge is 2.40. The fourth-order valence-electron chi connectivity index (χ4n) is 5.56. The van der Waals surface area contributed by atoms with Gasteiger partial charge in [0.05, 0.1) is 11.6 Å². The Kier molecular flexibility index (Phi) is 8.10. The van der Waals surface area contributed by atoms with Gasteiger partial charge in [-0.3, -0.25) is 14.5 Å². The van der Waals surface area contributed by atoms with E-state index in [0.717, 1.165) is 48.6 Å². The summed E-state index contributed by atoms with van der Waals surface area (Å²) in [6.45, 7) is 10.7. The van der Waals surface area contributed by atoms with Crippen molar-refractivity contribution in [3.8, 4) is 0 Å². The van der Waals surface area contributed by atoms with Gasteiger partial charge in [-0.1, -0.05) is 50.6 Å². The summed E-state index contributed by atoms with van der Waals surface area (Å²) in [5.41, 5.74) is 3.83. The first kappa shape index (κ1) is 27.3. The van der Waals surface area contributed by atoms with Crippen molar-refractivity contribution >= 4 is 29.3 Å². The molecule has 1 amide bonds. The van der Waals surface area contributed by atoms with E-state index in [1.54, 1.807) is 12.1 Å². The van der Waals surface area contributed by atoms with E-state index < -0.39 is 12.0 Å². The fraction of sp³-hybridized carbons (Fsp3) is 0.500. The third-order valence-corrected chi connectivity index (χ3v) is 8.11. The largest absolute Gasteiger partial charge is 0.478 e. The van der Waals surface area contributed by atoms with Gasteiger partial charge in [0.25, 0.3) is 0 Å². The van der Waals surface area contributed by atoms with Crippen LogP contribution in [0.4, 0.5) is 0 Å². The molecule has 0 unspecified atom stereocenters. The van der Waals surface area contributed by atoms with Crippen molar-refractivity contribution in [1.82, 2.24) is 9.80 Å². The number of piperidine rings is 1. The Morgan fingerprint density at radius 1 is 1.03 bits per heavy atom. The van der Waals surface area contributed by atoms with Crippen LogP contribution < -0.4 is 0 Å². The van der Waals surface area contributed by atoms with Crippen molar-refractivity contribution in [2.75, 3.05) is 13.1 Å². The first-order chi connectivity index (χ1) is 17.4. The fourth-order valence-corrected chi connectivity index (χ4v) is 5.68. The number of aromatic carboxylic acids is 1. The number of likely N-dealkylation sites (tertiary alicyclic amines) is 2. The normalized spacial score (nSPS) is 19.4. The summed E-state index contributed by atoms with van der Waals surface area (Å²) in [6.07, 6.45) is 2.73. The molecule has 1 N–H and O–H groups in total. The molecule has 0 saturated carbocycles. The van der Waals surface area contributed by atoms with Crippen molar-refractivity contribution < 1.29 is 19.5 Å². The Morgan fingerprint density at radius 3 is 2.35 bits per heavy atom. The zero-order valence-corrected chi connectivity index (χ0v) is 23.0. The van der Waals surface area contributed by atoms with Crippen LogP contribution in [-0.4, -0.2) is 57.7 Å². The molecule has 0 radical (unpaired) electrons. The van der Waals surface area contributed by atoms with Crippen molar-refractivity contribution in [2.24, 2.45) is 0 Å². The first-order valence-corrected chi connectivity index (χ1v) is 13.5. The SMILES string of the molecule is Cc1cc(CN2CCC(N3C(=O)CC[C@@H]3C(=O)Cc3cc(C(=O)O)cc(C(C)(C)C)c3)CC2)ccc1Cl. The lowest BCUT2D eigenvalue weighted by molar-refractivity contribution is -0.137. The van der Waals surface area contributed by atoms with E-state index in [2.05, 4.69) is 17.0 Å². The van der Waals surface area contributed by atoms with Crippen LogP contribution in [0.15, 0.2) is 36.4 Å². The molecule has 1 atom stereocenters. The number of hydrogen-bond donors (Lipinski definition) is 1. The van der Waals surface area contributed by atoms with Gasteiger partial charge in [0.15, 0.2) is 5.78 Å². The maximum absolute atomic E-state index is 13.5. The average molecular weight is 525 g/mol. The summed E-state index contributed by atoms with van der Waals surface area (Å²) in [6, 6.07) is 10.9. The second kappa shape index (κ2) is 11.0. The topological polar surface area (TPSA) is 77.9 Å². The van der Waals surface area contributed by atoms with E-state index in [4.69, 9.17) is 11.6 Å². The molecule has 2 aliphatic heterocycles. The number of Topliss-reactive ketones (excluding diaryl/α,β-unsaturated/α-hetero) is 1. The number of aryl methyl sites for hydroxylation is 1. The minimum absolute atomic E-state index is 0.00711. The minimum Gasteiger partial charge on any atom is -0.478 e. The second-order valence-corrected chi connectivity index (χ2v) is 12.0. The summed E-state index contributed by atoms with van der Waals surface area (Å²) in [7, 11) is 0. The van der Waals surface area contributed by atoms with E-state index in [-0.39, 0.29) is 35.1 Å². The van der Waals surface area contributed by atoms with Gasteiger partial charge in [-0.25, -0.2) is 4.79 Å². The molecule has 2 aromatic rings. The third-order valence-electron chi connectivity index (χ3n) is 7.69. The maximum Gasteiger partial charge on any atom is 0.335 e. The molecule has 198 valence electrons. The van der Waals surface area contributed by atoms with E-state index in [9.17, 15) is 19.5 Å². The van der Waals surface area contributed by atoms with E-state index in [1.807, 2.05) is 44.7 Å². The lowest BCUT2D eigenvalue weighted by Gasteiger charge is -2.39. The van der Waals surface area contributed by atoms with Gasteiger partial charge in [-0.05, 0) is 72.1 Å². The highest BCUT2D eigenvalue weighted by molar-refractivity contribution is 6.31. The van der Waals surface area contributed by atoms with Crippen LogP contribution in [0.2, 0.25) is 5.02 Å². The van der Waals surface area contributed by atoms with Gasteiger partial charge in [-0.15, -0.1) is 0 Å².